The molecule has 4 aliphatic heterocycles. The highest BCUT2D eigenvalue weighted by molar-refractivity contribution is 5.73. The quantitative estimate of drug-likeness (QED) is 0.0632. The molecule has 18 heteroatoms. The van der Waals surface area contributed by atoms with Crippen LogP contribution in [0.2, 0.25) is 0 Å². The molecule has 0 aromatic heterocycles. The second-order valence-corrected chi connectivity index (χ2v) is 20.7. The number of hydrogen-bond donors (Lipinski definition) is 4. The van der Waals surface area contributed by atoms with E-state index in [0.29, 0.717) is 52.4 Å². The van der Waals surface area contributed by atoms with Gasteiger partial charge in [0.25, 0.3) is 0 Å². The molecule has 0 bridgehead atoms. The van der Waals surface area contributed by atoms with Gasteiger partial charge in [-0.15, -0.1) is 6.58 Å². The largest absolute Gasteiger partial charge is 0.459 e. The molecular weight excluding hydrogens is 873 g/mol. The zero-order valence-corrected chi connectivity index (χ0v) is 43.4. The lowest BCUT2D eigenvalue weighted by molar-refractivity contribution is -0.437. The van der Waals surface area contributed by atoms with Crippen LogP contribution in [0.4, 0.5) is 0 Å². The number of aliphatic hydroxyl groups is 4. The summed E-state index contributed by atoms with van der Waals surface area (Å²) < 4.78 is 69.3. The van der Waals surface area contributed by atoms with Crippen LogP contribution in [0.1, 0.15) is 108 Å². The van der Waals surface area contributed by atoms with Crippen LogP contribution in [0.3, 0.4) is 0 Å². The lowest BCUT2D eigenvalue weighted by atomic mass is 9.68. The van der Waals surface area contributed by atoms with Crippen LogP contribution in [-0.2, 0) is 56.9 Å². The molecule has 4 heterocycles. The number of rotatable bonds is 19. The Labute approximate surface area is 401 Å². The molecule has 0 aliphatic carbocycles. The predicted octanol–water partition coefficient (Wildman–Crippen LogP) is 3.62. The van der Waals surface area contributed by atoms with Gasteiger partial charge in [0.05, 0.1) is 61.4 Å². The molecule has 20 atom stereocenters. The SMILES string of the molecule is C=CCOCCOCCCO[C@H]1[C@H](C)O[C@@H](O[C@H]2[C@H](C)[C@@H](O[C@@H]3O[C@H](C)C[C@H](N(C)C)[C@H]3O[C@@H](C)O)[C@](C)(O)C[C@@H](C)CN(C)[C@H](C)[C@@]3(O)[C@H](O)O[C@]3(C)[C@@H](CC)OC(=O)[C@@H]2C)C[C@@]1(C)OC. The van der Waals surface area contributed by atoms with Crippen LogP contribution < -0.4 is 0 Å². The van der Waals surface area contributed by atoms with Crippen LogP contribution in [0.5, 0.6) is 0 Å². The number of aliphatic hydroxyl groups excluding tert-OH is 2. The topological polar surface area (TPSA) is 206 Å². The van der Waals surface area contributed by atoms with Gasteiger partial charge in [0.15, 0.2) is 30.8 Å². The first-order chi connectivity index (χ1) is 31.3. The third kappa shape index (κ3) is 13.6. The molecule has 0 spiro atoms. The van der Waals surface area contributed by atoms with Crippen molar-refractivity contribution in [2.24, 2.45) is 17.8 Å². The average Bonchev–Trinajstić information content (AvgIpc) is 3.25. The molecular formula is C49H90N2O16. The van der Waals surface area contributed by atoms with E-state index in [4.69, 9.17) is 52.1 Å². The minimum atomic E-state index is -1.83. The van der Waals surface area contributed by atoms with Crippen molar-refractivity contribution >= 4 is 5.97 Å². The Morgan fingerprint density at radius 2 is 1.63 bits per heavy atom. The minimum absolute atomic E-state index is 0.199. The second-order valence-electron chi connectivity index (χ2n) is 20.7. The van der Waals surface area contributed by atoms with E-state index in [1.54, 1.807) is 40.9 Å². The van der Waals surface area contributed by atoms with E-state index in [1.807, 2.05) is 72.5 Å². The zero-order valence-electron chi connectivity index (χ0n) is 43.4. The van der Waals surface area contributed by atoms with E-state index >= 15 is 0 Å². The zero-order chi connectivity index (χ0) is 50.2. The fourth-order valence-electron chi connectivity index (χ4n) is 11.1. The van der Waals surface area contributed by atoms with E-state index in [9.17, 15) is 25.2 Å². The molecule has 18 nitrogen and oxygen atoms in total. The van der Waals surface area contributed by atoms with Crippen LogP contribution in [0.25, 0.3) is 0 Å². The number of hydrogen-bond acceptors (Lipinski definition) is 18. The minimum Gasteiger partial charge on any atom is -0.459 e. The molecule has 0 unspecified atom stereocenters. The molecule has 0 saturated carbocycles. The summed E-state index contributed by atoms with van der Waals surface area (Å²) >= 11 is 0. The maximum Gasteiger partial charge on any atom is 0.311 e. The van der Waals surface area contributed by atoms with Crippen molar-refractivity contribution < 1.29 is 77.3 Å². The molecule has 4 fully saturated rings. The number of carbonyl (C=O) groups excluding carboxylic acids is 1. The van der Waals surface area contributed by atoms with E-state index in [2.05, 4.69) is 6.58 Å². The number of cyclic esters (lactones) is 1. The summed E-state index contributed by atoms with van der Waals surface area (Å²) in [4.78, 5) is 18.7. The van der Waals surface area contributed by atoms with Crippen molar-refractivity contribution in [2.75, 3.05) is 67.8 Å². The molecule has 0 aromatic rings. The van der Waals surface area contributed by atoms with Gasteiger partial charge in [-0.25, -0.2) is 0 Å². The number of fused-ring (bicyclic) bond motifs is 1. The van der Waals surface area contributed by atoms with Crippen LogP contribution in [0.15, 0.2) is 12.7 Å². The third-order valence-corrected chi connectivity index (χ3v) is 14.9. The van der Waals surface area contributed by atoms with Gasteiger partial charge in [-0.2, -0.15) is 0 Å². The molecule has 0 radical (unpaired) electrons. The lowest BCUT2D eigenvalue weighted by Gasteiger charge is -2.62. The number of ether oxygens (including phenoxy) is 11. The molecule has 0 aromatic carbocycles. The Morgan fingerprint density at radius 3 is 2.22 bits per heavy atom. The Kier molecular flexibility index (Phi) is 21.5. The monoisotopic (exact) mass is 963 g/mol. The predicted molar refractivity (Wildman–Crippen MR) is 249 cm³/mol. The van der Waals surface area contributed by atoms with Gasteiger partial charge >= 0.3 is 5.97 Å². The van der Waals surface area contributed by atoms with Crippen molar-refractivity contribution in [3.8, 4) is 0 Å². The fourth-order valence-corrected chi connectivity index (χ4v) is 11.1. The Bertz CT molecular complexity index is 1530. The smallest absolute Gasteiger partial charge is 0.311 e. The van der Waals surface area contributed by atoms with Gasteiger partial charge in [0.2, 0.25) is 0 Å². The van der Waals surface area contributed by atoms with Crippen molar-refractivity contribution in [3.63, 3.8) is 0 Å². The van der Waals surface area contributed by atoms with Gasteiger partial charge in [0.1, 0.15) is 23.9 Å². The van der Waals surface area contributed by atoms with Gasteiger partial charge in [0, 0.05) is 51.3 Å². The van der Waals surface area contributed by atoms with E-state index < -0.39 is 108 Å². The summed E-state index contributed by atoms with van der Waals surface area (Å²) in [6.45, 7) is 26.2. The van der Waals surface area contributed by atoms with Gasteiger partial charge < -0.3 is 82.3 Å². The average molecular weight is 963 g/mol. The van der Waals surface area contributed by atoms with Gasteiger partial charge in [-0.05, 0) is 108 Å². The number of likely N-dealkylation sites (N-methyl/N-ethyl adjacent to an activating group) is 2. The van der Waals surface area contributed by atoms with Crippen molar-refractivity contribution in [1.29, 1.82) is 0 Å². The lowest BCUT2D eigenvalue weighted by Crippen LogP contribution is -2.83. The summed E-state index contributed by atoms with van der Waals surface area (Å²) in [5, 5.41) is 47.0. The first-order valence-corrected chi connectivity index (χ1v) is 24.6. The molecule has 0 amide bonds. The third-order valence-electron chi connectivity index (χ3n) is 14.9. The summed E-state index contributed by atoms with van der Waals surface area (Å²) in [5.74, 6) is -2.65. The maximum atomic E-state index is 14.8. The number of carbonyl (C=O) groups is 1. The molecule has 67 heavy (non-hydrogen) atoms. The highest BCUT2D eigenvalue weighted by Gasteiger charge is 2.71. The van der Waals surface area contributed by atoms with E-state index in [-0.39, 0.29) is 37.3 Å². The molecule has 392 valence electrons. The Morgan fingerprint density at radius 1 is 0.955 bits per heavy atom. The fraction of sp³-hybridized carbons (Fsp3) is 0.939. The van der Waals surface area contributed by atoms with Gasteiger partial charge in [-0.1, -0.05) is 26.8 Å². The first kappa shape index (κ1) is 58.1. The van der Waals surface area contributed by atoms with Crippen molar-refractivity contribution in [1.82, 2.24) is 9.80 Å². The van der Waals surface area contributed by atoms with Gasteiger partial charge in [-0.3, -0.25) is 4.79 Å². The molecule has 4 saturated heterocycles. The number of esters is 1. The molecule has 4 aliphatic rings. The number of methoxy groups -OCH3 is 1. The normalized spacial score (nSPS) is 44.5. The van der Waals surface area contributed by atoms with Crippen LogP contribution in [0, 0.1) is 17.8 Å². The highest BCUT2D eigenvalue weighted by atomic mass is 16.7. The van der Waals surface area contributed by atoms with Crippen molar-refractivity contribution in [3.05, 3.63) is 12.7 Å². The Hall–Kier alpha value is -1.43. The first-order valence-electron chi connectivity index (χ1n) is 24.6. The molecule has 4 N–H and O–H groups in total. The summed E-state index contributed by atoms with van der Waals surface area (Å²) in [6.07, 6.45) is -6.20. The van der Waals surface area contributed by atoms with Crippen LogP contribution in [-0.4, -0.2) is 206 Å². The van der Waals surface area contributed by atoms with E-state index in [0.717, 1.165) is 0 Å². The second kappa shape index (κ2) is 24.8. The standard InChI is InChI=1S/C49H90N2O16/c1-17-20-58-23-24-59-21-19-22-60-42-33(7)62-38(27-47(42,11)57-16)65-39-31(5)41(66-44-40(63-35(9)52)36(50(13)14)25-30(4)61-44)46(10,55)26-29(3)28-51(15)34(8)49(56)45(54)67-48(49,12)37(18-2)64-43(53)32(39)6/h17,29-42,44-45,52,54-56H,1,18-28H2,2-16H3/t29-,30-,31+,32-,33+,34-,35+,36+,37-,38+,39+,40-,41-,42+,44+,45-,46-,47-,48-,49-/m1/s1. The Balaban J connectivity index is 1.75. The summed E-state index contributed by atoms with van der Waals surface area (Å²) in [7, 11) is 7.33. The summed E-state index contributed by atoms with van der Waals surface area (Å²) in [6, 6.07) is -0.890. The van der Waals surface area contributed by atoms with Crippen molar-refractivity contribution in [2.45, 2.75) is 211 Å². The summed E-state index contributed by atoms with van der Waals surface area (Å²) in [5.41, 5.74) is -5.81. The maximum absolute atomic E-state index is 14.8. The number of nitrogens with zero attached hydrogens (tertiary/aromatic N) is 2. The van der Waals surface area contributed by atoms with E-state index in [1.165, 1.54) is 6.92 Å². The molecule has 4 rings (SSSR count). The van der Waals surface area contributed by atoms with Crippen LogP contribution >= 0.6 is 0 Å². The highest BCUT2D eigenvalue weighted by Crippen LogP contribution is 2.50.